The van der Waals surface area contributed by atoms with E-state index in [2.05, 4.69) is 53.2 Å². The molecule has 2 aromatic rings. The smallest absolute Gasteiger partial charge is 0.110 e. The molecule has 37 heavy (non-hydrogen) atoms. The second-order valence-corrected chi connectivity index (χ2v) is 13.5. The molecule has 5 nitrogen and oxygen atoms in total. The lowest BCUT2D eigenvalue weighted by atomic mass is 9.58. The number of benzene rings is 1. The predicted octanol–water partition coefficient (Wildman–Crippen LogP) is 4.87. The zero-order valence-electron chi connectivity index (χ0n) is 21.7. The number of allylic oxidation sites excluding steroid dienone is 1. The number of hydrogen-bond donors (Lipinski definition) is 1. The Morgan fingerprint density at radius 1 is 1.11 bits per heavy atom. The van der Waals surface area contributed by atoms with Crippen LogP contribution in [0.5, 0.6) is 0 Å². The average molecular weight is 496 g/mol. The summed E-state index contributed by atoms with van der Waals surface area (Å²) in [6.45, 7) is 4.67. The van der Waals surface area contributed by atoms with E-state index in [0.717, 1.165) is 45.2 Å². The van der Waals surface area contributed by atoms with Gasteiger partial charge in [-0.05, 0) is 96.4 Å². The predicted molar refractivity (Wildman–Crippen MR) is 143 cm³/mol. The van der Waals surface area contributed by atoms with Crippen LogP contribution in [0.15, 0.2) is 60.0 Å². The van der Waals surface area contributed by atoms with Gasteiger partial charge in [-0.25, -0.2) is 0 Å². The molecular weight excluding hydrogens is 458 g/mol. The maximum absolute atomic E-state index is 7.54. The molecule has 4 aliphatic heterocycles. The number of fused-ring (bicyclic) bond motifs is 4. The lowest BCUT2D eigenvalue weighted by molar-refractivity contribution is -0.137. The number of ether oxygens (including phenoxy) is 2. The van der Waals surface area contributed by atoms with Gasteiger partial charge in [0, 0.05) is 43.0 Å². The molecule has 5 heteroatoms. The van der Waals surface area contributed by atoms with E-state index in [1.807, 2.05) is 12.4 Å². The highest BCUT2D eigenvalue weighted by atomic mass is 16.6. The minimum Gasteiger partial charge on any atom is -0.363 e. The molecule has 3 aliphatic carbocycles. The van der Waals surface area contributed by atoms with Gasteiger partial charge in [0.25, 0.3) is 0 Å². The highest BCUT2D eigenvalue weighted by Gasteiger charge is 2.71. The summed E-state index contributed by atoms with van der Waals surface area (Å²) < 4.78 is 13.9. The third-order valence-electron chi connectivity index (χ3n) is 11.8. The molecule has 2 bridgehead atoms. The van der Waals surface area contributed by atoms with Crippen LogP contribution in [0.3, 0.4) is 0 Å². The summed E-state index contributed by atoms with van der Waals surface area (Å²) in [7, 11) is 0. The molecule has 192 valence electrons. The summed E-state index contributed by atoms with van der Waals surface area (Å²) >= 11 is 0. The molecule has 5 fully saturated rings. The van der Waals surface area contributed by atoms with E-state index < -0.39 is 0 Å². The number of hydrogen-bond acceptors (Lipinski definition) is 5. The number of aromatic nitrogens is 1. The number of likely N-dealkylation sites (tertiary alicyclic amines) is 1. The van der Waals surface area contributed by atoms with Gasteiger partial charge < -0.3 is 15.2 Å². The standard InChI is InChI=1S/C32H37N3O2/c1-30-9-6-22-15-25-28-29(36-28)26(35-13-8-23(33)18-35)16-31(25)10-11-32(22,37-31)27(30)5-4-24(30)20-3-2-19-7-12-34-17-21(19)14-20/h2-3,6-7,12,14-15,17,23-24,26-29H,4-5,8-11,13,16,18,33H2,1H3/t23-,24?,26+,27-,28-,29?,30-,31-,32?/m1/s1. The summed E-state index contributed by atoms with van der Waals surface area (Å²) in [6, 6.07) is 9.96. The van der Waals surface area contributed by atoms with E-state index in [-0.39, 0.29) is 22.7 Å². The van der Waals surface area contributed by atoms with E-state index >= 15 is 0 Å². The van der Waals surface area contributed by atoms with Crippen molar-refractivity contribution in [2.75, 3.05) is 13.1 Å². The first-order valence-corrected chi connectivity index (χ1v) is 14.6. The second-order valence-electron chi connectivity index (χ2n) is 13.5. The monoisotopic (exact) mass is 495 g/mol. The second kappa shape index (κ2) is 7.12. The highest BCUT2D eigenvalue weighted by Crippen LogP contribution is 2.70. The van der Waals surface area contributed by atoms with Crippen LogP contribution in [-0.2, 0) is 9.47 Å². The largest absolute Gasteiger partial charge is 0.363 e. The minimum atomic E-state index is -0.142. The van der Waals surface area contributed by atoms with Gasteiger partial charge in [-0.15, -0.1) is 0 Å². The van der Waals surface area contributed by atoms with E-state index in [1.54, 1.807) is 0 Å². The molecule has 1 aromatic heterocycles. The quantitative estimate of drug-likeness (QED) is 0.603. The van der Waals surface area contributed by atoms with E-state index in [4.69, 9.17) is 15.2 Å². The normalized spacial score (nSPS) is 47.6. The molecule has 9 rings (SSSR count). The van der Waals surface area contributed by atoms with E-state index in [1.165, 1.54) is 40.3 Å². The summed E-state index contributed by atoms with van der Waals surface area (Å²) in [5, 5.41) is 2.53. The van der Waals surface area contributed by atoms with Crippen molar-refractivity contribution in [1.82, 2.24) is 9.88 Å². The van der Waals surface area contributed by atoms with Crippen LogP contribution in [0.4, 0.5) is 0 Å². The fourth-order valence-electron chi connectivity index (χ4n) is 10.0. The molecule has 2 N–H and O–H groups in total. The zero-order valence-corrected chi connectivity index (χ0v) is 21.7. The van der Waals surface area contributed by atoms with Crippen molar-refractivity contribution in [2.24, 2.45) is 17.1 Å². The van der Waals surface area contributed by atoms with E-state index in [9.17, 15) is 0 Å². The van der Waals surface area contributed by atoms with Crippen molar-refractivity contribution in [3.05, 3.63) is 65.5 Å². The zero-order chi connectivity index (χ0) is 24.6. The Labute approximate surface area is 219 Å². The minimum absolute atomic E-state index is 0.128. The molecule has 9 atom stereocenters. The first-order valence-electron chi connectivity index (χ1n) is 14.6. The summed E-state index contributed by atoms with van der Waals surface area (Å²) in [6.07, 6.45) is 17.7. The van der Waals surface area contributed by atoms with Crippen LogP contribution in [0.2, 0.25) is 0 Å². The third-order valence-corrected chi connectivity index (χ3v) is 11.8. The molecule has 2 saturated carbocycles. The lowest BCUT2D eigenvalue weighted by Crippen LogP contribution is -2.57. The molecular formula is C32H37N3O2. The van der Waals surface area contributed by atoms with Crippen molar-refractivity contribution in [3.63, 3.8) is 0 Å². The number of nitrogens with zero attached hydrogens (tertiary/aromatic N) is 2. The topological polar surface area (TPSA) is 63.9 Å². The first kappa shape index (κ1) is 21.8. The van der Waals surface area contributed by atoms with Gasteiger partial charge in [0.2, 0.25) is 0 Å². The van der Waals surface area contributed by atoms with Crippen LogP contribution >= 0.6 is 0 Å². The van der Waals surface area contributed by atoms with Crippen LogP contribution in [0.25, 0.3) is 10.8 Å². The molecule has 0 amide bonds. The Kier molecular flexibility index (Phi) is 4.20. The Hall–Kier alpha value is -2.05. The number of pyridine rings is 1. The van der Waals surface area contributed by atoms with Crippen molar-refractivity contribution in [3.8, 4) is 0 Å². The average Bonchev–Trinajstić information content (AvgIpc) is 3.30. The molecule has 2 spiro atoms. The summed E-state index contributed by atoms with van der Waals surface area (Å²) in [5.74, 6) is 1.12. The van der Waals surface area contributed by atoms with Gasteiger partial charge in [-0.3, -0.25) is 9.88 Å². The molecule has 7 aliphatic rings. The van der Waals surface area contributed by atoms with E-state index in [0.29, 0.717) is 30.0 Å². The first-order chi connectivity index (χ1) is 18.0. The molecule has 3 saturated heterocycles. The highest BCUT2D eigenvalue weighted by molar-refractivity contribution is 5.82. The molecule has 3 unspecified atom stereocenters. The van der Waals surface area contributed by atoms with Gasteiger partial charge in [0.15, 0.2) is 0 Å². The molecule has 5 heterocycles. The van der Waals surface area contributed by atoms with Crippen molar-refractivity contribution < 1.29 is 9.47 Å². The van der Waals surface area contributed by atoms with Crippen LogP contribution in [0, 0.1) is 11.3 Å². The SMILES string of the molecule is C[C@]12CC=C3C=C4[C@H]5OC5[C@@H](N5CC[C@@H](N)C5)C[C@]45CCC3(O5)[C@@H]1CCC2c1ccc2ccncc2c1. The Bertz CT molecular complexity index is 1390. The summed E-state index contributed by atoms with van der Waals surface area (Å²) in [5.41, 5.74) is 10.7. The van der Waals surface area contributed by atoms with Crippen molar-refractivity contribution >= 4 is 10.8 Å². The van der Waals surface area contributed by atoms with Gasteiger partial charge in [-0.1, -0.05) is 31.2 Å². The maximum atomic E-state index is 7.54. The van der Waals surface area contributed by atoms with Gasteiger partial charge in [0.1, 0.15) is 12.2 Å². The molecule has 1 aromatic carbocycles. The van der Waals surface area contributed by atoms with Gasteiger partial charge in [0.05, 0.1) is 11.2 Å². The lowest BCUT2D eigenvalue weighted by Gasteiger charge is -2.54. The molecule has 0 radical (unpaired) electrons. The van der Waals surface area contributed by atoms with Crippen molar-refractivity contribution in [2.45, 2.75) is 93.3 Å². The Balaban J connectivity index is 1.08. The number of epoxide rings is 1. The van der Waals surface area contributed by atoms with Crippen LogP contribution in [0.1, 0.15) is 63.4 Å². The fourth-order valence-corrected chi connectivity index (χ4v) is 10.0. The number of nitrogens with two attached hydrogens (primary N) is 1. The third kappa shape index (κ3) is 2.77. The maximum Gasteiger partial charge on any atom is 0.110 e. The fraction of sp³-hybridized carbons (Fsp3) is 0.594. The Morgan fingerprint density at radius 2 is 2.05 bits per heavy atom. The number of rotatable bonds is 2. The van der Waals surface area contributed by atoms with Gasteiger partial charge in [-0.2, -0.15) is 0 Å². The van der Waals surface area contributed by atoms with Crippen molar-refractivity contribution in [1.29, 1.82) is 0 Å². The van der Waals surface area contributed by atoms with Gasteiger partial charge >= 0.3 is 0 Å². The van der Waals surface area contributed by atoms with Crippen LogP contribution in [-0.4, -0.2) is 58.5 Å². The van der Waals surface area contributed by atoms with Crippen LogP contribution < -0.4 is 5.73 Å². The Morgan fingerprint density at radius 3 is 2.95 bits per heavy atom. The summed E-state index contributed by atoms with van der Waals surface area (Å²) in [4.78, 5) is 7.01.